The Morgan fingerprint density at radius 3 is 2.27 bits per heavy atom. The van der Waals surface area contributed by atoms with Crippen molar-refractivity contribution in [3.8, 4) is 0 Å². The van der Waals surface area contributed by atoms with E-state index in [1.54, 1.807) is 0 Å². The number of rotatable bonds is 3. The van der Waals surface area contributed by atoms with Gasteiger partial charge in [-0.3, -0.25) is 4.79 Å². The van der Waals surface area contributed by atoms with Gasteiger partial charge in [0.25, 0.3) is 0 Å². The fraction of sp³-hybridized carbons (Fsp3) is 0.917. The van der Waals surface area contributed by atoms with Crippen molar-refractivity contribution in [2.75, 3.05) is 20.1 Å². The van der Waals surface area contributed by atoms with Crippen molar-refractivity contribution >= 4 is 5.91 Å². The van der Waals surface area contributed by atoms with Crippen LogP contribution in [-0.4, -0.2) is 37.0 Å². The van der Waals surface area contributed by atoms with Crippen LogP contribution < -0.4 is 5.32 Å². The lowest BCUT2D eigenvalue weighted by Gasteiger charge is -2.34. The van der Waals surface area contributed by atoms with Gasteiger partial charge in [0.05, 0.1) is 6.04 Å². The molecule has 3 nitrogen and oxygen atoms in total. The molecule has 1 atom stereocenters. The van der Waals surface area contributed by atoms with E-state index in [9.17, 15) is 4.79 Å². The molecular weight excluding hydrogens is 188 g/mol. The molecule has 0 aliphatic carbocycles. The van der Waals surface area contributed by atoms with Crippen molar-refractivity contribution in [1.29, 1.82) is 0 Å². The zero-order chi connectivity index (χ0) is 11.4. The fourth-order valence-electron chi connectivity index (χ4n) is 2.17. The van der Waals surface area contributed by atoms with Crippen LogP contribution in [-0.2, 0) is 4.79 Å². The Hall–Kier alpha value is -0.570. The SMILES string of the molecule is CNC(C(=O)N1CCC(C)CC1)C(C)C. The maximum absolute atomic E-state index is 12.1. The molecule has 0 radical (unpaired) electrons. The van der Waals surface area contributed by atoms with Gasteiger partial charge in [-0.1, -0.05) is 20.8 Å². The Kier molecular flexibility index (Phi) is 4.58. The number of likely N-dealkylation sites (tertiary alicyclic amines) is 1. The van der Waals surface area contributed by atoms with Gasteiger partial charge in [-0.2, -0.15) is 0 Å². The minimum absolute atomic E-state index is 0.0154. The average Bonchev–Trinajstić information content (AvgIpc) is 2.19. The number of likely N-dealkylation sites (N-methyl/N-ethyl adjacent to an activating group) is 1. The van der Waals surface area contributed by atoms with Crippen molar-refractivity contribution in [1.82, 2.24) is 10.2 Å². The molecule has 0 bridgehead atoms. The summed E-state index contributed by atoms with van der Waals surface area (Å²) in [5.41, 5.74) is 0. The van der Waals surface area contributed by atoms with E-state index in [2.05, 4.69) is 26.1 Å². The van der Waals surface area contributed by atoms with E-state index in [4.69, 9.17) is 0 Å². The van der Waals surface area contributed by atoms with E-state index in [0.717, 1.165) is 31.8 Å². The Labute approximate surface area is 93.2 Å². The van der Waals surface area contributed by atoms with Crippen molar-refractivity contribution in [3.05, 3.63) is 0 Å². The van der Waals surface area contributed by atoms with E-state index >= 15 is 0 Å². The lowest BCUT2D eigenvalue weighted by Crippen LogP contribution is -2.50. The van der Waals surface area contributed by atoms with Crippen molar-refractivity contribution in [2.24, 2.45) is 11.8 Å². The molecule has 1 amide bonds. The lowest BCUT2D eigenvalue weighted by atomic mass is 9.97. The van der Waals surface area contributed by atoms with Crippen LogP contribution >= 0.6 is 0 Å². The number of hydrogen-bond donors (Lipinski definition) is 1. The van der Waals surface area contributed by atoms with Gasteiger partial charge in [0.15, 0.2) is 0 Å². The average molecular weight is 212 g/mol. The first-order valence-electron chi connectivity index (χ1n) is 6.02. The number of nitrogens with one attached hydrogen (secondary N) is 1. The summed E-state index contributed by atoms with van der Waals surface area (Å²) in [5.74, 6) is 1.42. The first kappa shape index (κ1) is 12.5. The number of amides is 1. The molecule has 1 saturated heterocycles. The molecule has 1 aliphatic rings. The lowest BCUT2D eigenvalue weighted by molar-refractivity contribution is -0.135. The van der Waals surface area contributed by atoms with Gasteiger partial charge in [0.2, 0.25) is 5.91 Å². The van der Waals surface area contributed by atoms with Crippen LogP contribution in [0.25, 0.3) is 0 Å². The van der Waals surface area contributed by atoms with Crippen LogP contribution in [0.15, 0.2) is 0 Å². The predicted molar refractivity (Wildman–Crippen MR) is 62.7 cm³/mol. The zero-order valence-electron chi connectivity index (χ0n) is 10.4. The van der Waals surface area contributed by atoms with Crippen molar-refractivity contribution in [3.63, 3.8) is 0 Å². The Balaban J connectivity index is 2.52. The summed E-state index contributed by atoms with van der Waals surface area (Å²) in [6.45, 7) is 8.31. The van der Waals surface area contributed by atoms with Crippen LogP contribution in [0.3, 0.4) is 0 Å². The second kappa shape index (κ2) is 5.50. The minimum atomic E-state index is -0.0154. The summed E-state index contributed by atoms with van der Waals surface area (Å²) in [4.78, 5) is 14.2. The maximum Gasteiger partial charge on any atom is 0.239 e. The first-order valence-corrected chi connectivity index (χ1v) is 6.02. The quantitative estimate of drug-likeness (QED) is 0.768. The van der Waals surface area contributed by atoms with E-state index < -0.39 is 0 Å². The molecule has 3 heteroatoms. The zero-order valence-corrected chi connectivity index (χ0v) is 10.4. The van der Waals surface area contributed by atoms with Crippen LogP contribution in [0.5, 0.6) is 0 Å². The van der Waals surface area contributed by atoms with Crippen molar-refractivity contribution < 1.29 is 4.79 Å². The molecule has 1 aliphatic heterocycles. The number of hydrogen-bond acceptors (Lipinski definition) is 2. The normalized spacial score (nSPS) is 20.7. The molecule has 0 aromatic rings. The second-order valence-electron chi connectivity index (χ2n) is 5.02. The van der Waals surface area contributed by atoms with Gasteiger partial charge < -0.3 is 10.2 Å². The van der Waals surface area contributed by atoms with E-state index in [0.29, 0.717) is 5.92 Å². The number of nitrogens with zero attached hydrogens (tertiary/aromatic N) is 1. The van der Waals surface area contributed by atoms with Gasteiger partial charge in [0, 0.05) is 13.1 Å². The summed E-state index contributed by atoms with van der Waals surface area (Å²) in [7, 11) is 1.87. The van der Waals surface area contributed by atoms with Gasteiger partial charge in [0.1, 0.15) is 0 Å². The third-order valence-corrected chi connectivity index (χ3v) is 3.34. The van der Waals surface area contributed by atoms with Crippen LogP contribution in [0.4, 0.5) is 0 Å². The summed E-state index contributed by atoms with van der Waals surface area (Å²) >= 11 is 0. The smallest absolute Gasteiger partial charge is 0.239 e. The topological polar surface area (TPSA) is 32.3 Å². The summed E-state index contributed by atoms with van der Waals surface area (Å²) in [5, 5.41) is 3.12. The molecule has 0 aromatic carbocycles. The Bertz CT molecular complexity index is 208. The van der Waals surface area contributed by atoms with E-state index in [1.807, 2.05) is 11.9 Å². The predicted octanol–water partition coefficient (Wildman–Crippen LogP) is 1.49. The number of piperidine rings is 1. The fourth-order valence-corrected chi connectivity index (χ4v) is 2.17. The molecule has 1 fully saturated rings. The Morgan fingerprint density at radius 2 is 1.87 bits per heavy atom. The van der Waals surface area contributed by atoms with Gasteiger partial charge in [-0.05, 0) is 31.7 Å². The highest BCUT2D eigenvalue weighted by Crippen LogP contribution is 2.17. The molecule has 1 rings (SSSR count). The number of carbonyl (C=O) groups excluding carboxylic acids is 1. The molecule has 15 heavy (non-hydrogen) atoms. The number of carbonyl (C=O) groups is 1. The third kappa shape index (κ3) is 3.20. The molecule has 1 N–H and O–H groups in total. The Morgan fingerprint density at radius 1 is 1.33 bits per heavy atom. The maximum atomic E-state index is 12.1. The summed E-state index contributed by atoms with van der Waals surface area (Å²) in [6, 6.07) is -0.0154. The third-order valence-electron chi connectivity index (χ3n) is 3.34. The van der Waals surface area contributed by atoms with Gasteiger partial charge >= 0.3 is 0 Å². The highest BCUT2D eigenvalue weighted by atomic mass is 16.2. The molecule has 0 aromatic heterocycles. The highest BCUT2D eigenvalue weighted by Gasteiger charge is 2.27. The van der Waals surface area contributed by atoms with E-state index in [-0.39, 0.29) is 11.9 Å². The molecule has 0 spiro atoms. The largest absolute Gasteiger partial charge is 0.341 e. The monoisotopic (exact) mass is 212 g/mol. The van der Waals surface area contributed by atoms with Crippen LogP contribution in [0.2, 0.25) is 0 Å². The molecule has 0 saturated carbocycles. The van der Waals surface area contributed by atoms with Gasteiger partial charge in [-0.25, -0.2) is 0 Å². The molecule has 1 unspecified atom stereocenters. The second-order valence-corrected chi connectivity index (χ2v) is 5.02. The standard InChI is InChI=1S/C12H24N2O/c1-9(2)11(13-4)12(15)14-7-5-10(3)6-8-14/h9-11,13H,5-8H2,1-4H3. The van der Waals surface area contributed by atoms with Crippen LogP contribution in [0, 0.1) is 11.8 Å². The molecule has 88 valence electrons. The van der Waals surface area contributed by atoms with Gasteiger partial charge in [-0.15, -0.1) is 0 Å². The summed E-state index contributed by atoms with van der Waals surface area (Å²) < 4.78 is 0. The first-order chi connectivity index (χ1) is 7.06. The van der Waals surface area contributed by atoms with Crippen LogP contribution in [0.1, 0.15) is 33.6 Å². The highest BCUT2D eigenvalue weighted by molar-refractivity contribution is 5.82. The minimum Gasteiger partial charge on any atom is -0.341 e. The van der Waals surface area contributed by atoms with Crippen molar-refractivity contribution in [2.45, 2.75) is 39.7 Å². The molecule has 1 heterocycles. The molecular formula is C12H24N2O. The summed E-state index contributed by atoms with van der Waals surface area (Å²) in [6.07, 6.45) is 2.31. The van der Waals surface area contributed by atoms with E-state index in [1.165, 1.54) is 0 Å².